The van der Waals surface area contributed by atoms with Crippen molar-refractivity contribution in [1.29, 1.82) is 0 Å². The highest BCUT2D eigenvalue weighted by molar-refractivity contribution is 5.66. The van der Waals surface area contributed by atoms with Crippen molar-refractivity contribution in [2.24, 2.45) is 0 Å². The summed E-state index contributed by atoms with van der Waals surface area (Å²) in [7, 11) is 0. The highest BCUT2D eigenvalue weighted by Gasteiger charge is 2.43. The lowest BCUT2D eigenvalue weighted by atomic mass is 9.64. The van der Waals surface area contributed by atoms with Gasteiger partial charge in [0, 0.05) is 23.2 Å². The second-order valence-corrected chi connectivity index (χ2v) is 11.4. The first kappa shape index (κ1) is 25.6. The molecule has 0 amide bonds. The minimum Gasteiger partial charge on any atom is -0.241 e. The Kier molecular flexibility index (Phi) is 6.47. The van der Waals surface area contributed by atoms with Gasteiger partial charge in [0.05, 0.1) is 22.8 Å². The molecule has 6 aromatic rings. The van der Waals surface area contributed by atoms with Crippen LogP contribution in [0.25, 0.3) is 33.6 Å². The lowest BCUT2D eigenvalue weighted by Crippen LogP contribution is -2.41. The van der Waals surface area contributed by atoms with E-state index in [0.29, 0.717) is 0 Å². The third-order valence-electron chi connectivity index (χ3n) is 8.46. The molecule has 0 atom stereocenters. The molecule has 0 fully saturated rings. The molecule has 40 heavy (non-hydrogen) atoms. The molecule has 0 aliphatic carbocycles. The summed E-state index contributed by atoms with van der Waals surface area (Å²) in [5.74, 6) is 0. The fraction of sp³-hybridized carbons (Fsp3) is 0.167. The van der Waals surface area contributed by atoms with E-state index in [-0.39, 0.29) is 10.8 Å². The summed E-state index contributed by atoms with van der Waals surface area (Å²) < 4.78 is 3.96. The number of benzene rings is 4. The largest absolute Gasteiger partial charge is 0.241 e. The van der Waals surface area contributed by atoms with Gasteiger partial charge in [0.15, 0.2) is 0 Å². The molecule has 0 spiro atoms. The van der Waals surface area contributed by atoms with Gasteiger partial charge < -0.3 is 0 Å². The van der Waals surface area contributed by atoms with Gasteiger partial charge in [-0.1, -0.05) is 113 Å². The fourth-order valence-electron chi connectivity index (χ4n) is 5.16. The van der Waals surface area contributed by atoms with E-state index in [2.05, 4.69) is 149 Å². The Morgan fingerprint density at radius 2 is 0.800 bits per heavy atom. The molecular formula is C36H34N4. The third-order valence-corrected chi connectivity index (χ3v) is 8.46. The van der Waals surface area contributed by atoms with Gasteiger partial charge in [-0.2, -0.15) is 10.2 Å². The van der Waals surface area contributed by atoms with E-state index in [1.807, 2.05) is 21.5 Å². The molecule has 0 radical (unpaired) electrons. The lowest BCUT2D eigenvalue weighted by Gasteiger charge is -2.39. The molecule has 6 rings (SSSR count). The minimum absolute atomic E-state index is 0.277. The van der Waals surface area contributed by atoms with Crippen LogP contribution in [0.5, 0.6) is 0 Å². The van der Waals surface area contributed by atoms with Crippen LogP contribution in [0, 0.1) is 0 Å². The van der Waals surface area contributed by atoms with E-state index < -0.39 is 0 Å². The zero-order valence-electron chi connectivity index (χ0n) is 23.5. The predicted octanol–water partition coefficient (Wildman–Crippen LogP) is 8.65. The quantitative estimate of drug-likeness (QED) is 0.210. The number of hydrogen-bond acceptors (Lipinski definition) is 2. The van der Waals surface area contributed by atoms with Crippen molar-refractivity contribution < 1.29 is 0 Å². The van der Waals surface area contributed by atoms with Crippen LogP contribution in [0.2, 0.25) is 0 Å². The Balaban J connectivity index is 1.28. The van der Waals surface area contributed by atoms with Gasteiger partial charge in [-0.05, 0) is 58.7 Å². The molecule has 198 valence electrons. The monoisotopic (exact) mass is 522 g/mol. The molecule has 0 unspecified atom stereocenters. The lowest BCUT2D eigenvalue weighted by molar-refractivity contribution is 0.286. The van der Waals surface area contributed by atoms with E-state index >= 15 is 0 Å². The van der Waals surface area contributed by atoms with Crippen molar-refractivity contribution in [2.45, 2.75) is 38.5 Å². The Labute approximate surface area is 236 Å². The molecule has 0 N–H and O–H groups in total. The maximum absolute atomic E-state index is 5.07. The first-order valence-electron chi connectivity index (χ1n) is 13.8. The van der Waals surface area contributed by atoms with Crippen LogP contribution in [0.3, 0.4) is 0 Å². The van der Waals surface area contributed by atoms with Gasteiger partial charge in [-0.25, -0.2) is 9.36 Å². The molecule has 0 aliphatic rings. The number of aromatic nitrogens is 4. The fourth-order valence-corrected chi connectivity index (χ4v) is 5.16. The Hall–Kier alpha value is -4.70. The highest BCUT2D eigenvalue weighted by Crippen LogP contribution is 2.42. The van der Waals surface area contributed by atoms with E-state index in [1.165, 1.54) is 22.3 Å². The summed E-state index contributed by atoms with van der Waals surface area (Å²) in [4.78, 5) is 0. The first-order chi connectivity index (χ1) is 19.3. The maximum Gasteiger partial charge on any atom is 0.0694 e. The minimum atomic E-state index is -0.277. The van der Waals surface area contributed by atoms with Crippen LogP contribution >= 0.6 is 0 Å². The Bertz CT molecular complexity index is 1610. The average molecular weight is 523 g/mol. The van der Waals surface area contributed by atoms with Crippen LogP contribution in [0.15, 0.2) is 134 Å². The molecule has 0 saturated heterocycles. The van der Waals surface area contributed by atoms with Crippen molar-refractivity contribution in [3.63, 3.8) is 0 Å². The van der Waals surface area contributed by atoms with E-state index in [1.54, 1.807) is 0 Å². The van der Waals surface area contributed by atoms with E-state index in [9.17, 15) is 0 Å². The maximum atomic E-state index is 5.07. The number of rotatable bonds is 7. The SMILES string of the molecule is CC(C)(c1ccn(-c2cccc(-c3ccccc3)c2)n1)C(C)(C)c1ccn(-c2cccc(-c3ccccc3)c2)n1. The number of nitrogens with zero attached hydrogens (tertiary/aromatic N) is 4. The third kappa shape index (κ3) is 4.66. The summed E-state index contributed by atoms with van der Waals surface area (Å²) >= 11 is 0. The molecular weight excluding hydrogens is 488 g/mol. The van der Waals surface area contributed by atoms with Gasteiger partial charge >= 0.3 is 0 Å². The highest BCUT2D eigenvalue weighted by atomic mass is 15.3. The van der Waals surface area contributed by atoms with E-state index in [4.69, 9.17) is 10.2 Å². The summed E-state index contributed by atoms with van der Waals surface area (Å²) in [6.07, 6.45) is 4.12. The van der Waals surface area contributed by atoms with Gasteiger partial charge in [0.1, 0.15) is 0 Å². The van der Waals surface area contributed by atoms with Crippen LogP contribution < -0.4 is 0 Å². The molecule has 2 aromatic heterocycles. The normalized spacial score (nSPS) is 12.0. The van der Waals surface area contributed by atoms with Crippen LogP contribution in [-0.4, -0.2) is 19.6 Å². The molecule has 0 saturated carbocycles. The summed E-state index contributed by atoms with van der Waals surface area (Å²) in [6, 6.07) is 42.2. The zero-order valence-corrected chi connectivity index (χ0v) is 23.5. The number of hydrogen-bond donors (Lipinski definition) is 0. The van der Waals surface area contributed by atoms with Crippen molar-refractivity contribution in [3.8, 4) is 33.6 Å². The smallest absolute Gasteiger partial charge is 0.0694 e. The van der Waals surface area contributed by atoms with Crippen molar-refractivity contribution in [1.82, 2.24) is 19.6 Å². The Morgan fingerprint density at radius 1 is 0.425 bits per heavy atom. The predicted molar refractivity (Wildman–Crippen MR) is 164 cm³/mol. The summed E-state index contributed by atoms with van der Waals surface area (Å²) in [5.41, 5.74) is 8.35. The van der Waals surface area contributed by atoms with Gasteiger partial charge in [-0.15, -0.1) is 0 Å². The summed E-state index contributed by atoms with van der Waals surface area (Å²) in [6.45, 7) is 9.04. The molecule has 2 heterocycles. The van der Waals surface area contributed by atoms with Crippen molar-refractivity contribution in [2.75, 3.05) is 0 Å². The van der Waals surface area contributed by atoms with Gasteiger partial charge in [0.2, 0.25) is 0 Å². The van der Waals surface area contributed by atoms with Crippen molar-refractivity contribution >= 4 is 0 Å². The molecule has 0 aliphatic heterocycles. The van der Waals surface area contributed by atoms with Gasteiger partial charge in [0.25, 0.3) is 0 Å². The summed E-state index contributed by atoms with van der Waals surface area (Å²) in [5, 5.41) is 10.1. The molecule has 4 heteroatoms. The van der Waals surface area contributed by atoms with Crippen LogP contribution in [-0.2, 0) is 10.8 Å². The van der Waals surface area contributed by atoms with Gasteiger partial charge in [-0.3, -0.25) is 0 Å². The molecule has 4 aromatic carbocycles. The van der Waals surface area contributed by atoms with Crippen LogP contribution in [0.4, 0.5) is 0 Å². The molecule has 0 bridgehead atoms. The topological polar surface area (TPSA) is 35.6 Å². The first-order valence-corrected chi connectivity index (χ1v) is 13.8. The zero-order chi connectivity index (χ0) is 27.7. The second kappa shape index (κ2) is 10.1. The van der Waals surface area contributed by atoms with E-state index in [0.717, 1.165) is 22.8 Å². The molecule has 4 nitrogen and oxygen atoms in total. The Morgan fingerprint density at radius 3 is 1.20 bits per heavy atom. The standard InChI is InChI=1S/C36H34N4/c1-35(2,33-21-23-39(37-33)31-19-11-17-29(25-31)27-13-7-5-8-14-27)36(3,4)34-22-24-40(38-34)32-20-12-18-30(26-32)28-15-9-6-10-16-28/h5-26H,1-4H3. The average Bonchev–Trinajstić information content (AvgIpc) is 3.70. The van der Waals surface area contributed by atoms with Crippen molar-refractivity contribution in [3.05, 3.63) is 145 Å². The second-order valence-electron chi connectivity index (χ2n) is 11.4. The van der Waals surface area contributed by atoms with Crippen LogP contribution in [0.1, 0.15) is 39.1 Å².